The number of hydrogen-bond donors (Lipinski definition) is 1. The number of hydrogen-bond acceptors (Lipinski definition) is 5. The fourth-order valence-corrected chi connectivity index (χ4v) is 5.53. The molecule has 1 aromatic carbocycles. The van der Waals surface area contributed by atoms with Crippen molar-refractivity contribution in [3.63, 3.8) is 0 Å². The molecule has 4 rings (SSSR count). The molecule has 1 aliphatic heterocycles. The second kappa shape index (κ2) is 10.8. The third-order valence-corrected chi connectivity index (χ3v) is 7.32. The lowest BCUT2D eigenvalue weighted by Gasteiger charge is -2.26. The molecule has 0 atom stereocenters. The molecule has 2 heterocycles. The van der Waals surface area contributed by atoms with Crippen molar-refractivity contribution in [2.45, 2.75) is 75.3 Å². The SMILES string of the molecule is O=C1CCCN1CCCSc1nnc(CNc2cccc(C(F)(F)F)c2)n1C1CCCCC1. The van der Waals surface area contributed by atoms with Crippen molar-refractivity contribution < 1.29 is 18.0 Å². The predicted octanol–water partition coefficient (Wildman–Crippen LogP) is 5.52. The first kappa shape index (κ1) is 23.9. The first-order chi connectivity index (χ1) is 15.9. The molecule has 1 amide bonds. The molecule has 1 saturated carbocycles. The summed E-state index contributed by atoms with van der Waals surface area (Å²) in [6.45, 7) is 1.94. The molecule has 1 N–H and O–H groups in total. The average Bonchev–Trinajstić information content (AvgIpc) is 3.41. The molecule has 0 radical (unpaired) electrons. The molecule has 1 saturated heterocycles. The first-order valence-corrected chi connectivity index (χ1v) is 12.7. The highest BCUT2D eigenvalue weighted by molar-refractivity contribution is 7.99. The van der Waals surface area contributed by atoms with Crippen LogP contribution < -0.4 is 5.32 Å². The van der Waals surface area contributed by atoms with Crippen LogP contribution in [0.1, 0.15) is 68.8 Å². The molecule has 1 aromatic heterocycles. The van der Waals surface area contributed by atoms with Crippen LogP contribution in [0.3, 0.4) is 0 Å². The number of halogens is 3. The molecule has 10 heteroatoms. The van der Waals surface area contributed by atoms with Gasteiger partial charge in [0.05, 0.1) is 12.1 Å². The van der Waals surface area contributed by atoms with Crippen molar-refractivity contribution in [1.82, 2.24) is 19.7 Å². The number of carbonyl (C=O) groups excluding carboxylic acids is 1. The normalized spacial score (nSPS) is 17.7. The van der Waals surface area contributed by atoms with E-state index in [-0.39, 0.29) is 5.91 Å². The molecule has 2 aromatic rings. The molecule has 2 aliphatic rings. The zero-order chi connectivity index (χ0) is 23.3. The largest absolute Gasteiger partial charge is 0.416 e. The lowest BCUT2D eigenvalue weighted by atomic mass is 9.95. The van der Waals surface area contributed by atoms with Gasteiger partial charge in [-0.2, -0.15) is 13.2 Å². The van der Waals surface area contributed by atoms with Gasteiger partial charge in [-0.05, 0) is 43.9 Å². The Balaban J connectivity index is 1.41. The summed E-state index contributed by atoms with van der Waals surface area (Å²) in [5.41, 5.74) is -0.263. The van der Waals surface area contributed by atoms with Gasteiger partial charge in [-0.3, -0.25) is 4.79 Å². The van der Waals surface area contributed by atoms with Crippen LogP contribution in [0.15, 0.2) is 29.4 Å². The highest BCUT2D eigenvalue weighted by atomic mass is 32.2. The minimum Gasteiger partial charge on any atom is -0.378 e. The van der Waals surface area contributed by atoms with E-state index in [1.54, 1.807) is 17.8 Å². The Morgan fingerprint density at radius 2 is 1.94 bits per heavy atom. The quantitative estimate of drug-likeness (QED) is 0.378. The Morgan fingerprint density at radius 1 is 1.12 bits per heavy atom. The third kappa shape index (κ3) is 6.22. The molecule has 6 nitrogen and oxygen atoms in total. The topological polar surface area (TPSA) is 63.1 Å². The zero-order valence-electron chi connectivity index (χ0n) is 18.6. The molecule has 1 aliphatic carbocycles. The first-order valence-electron chi connectivity index (χ1n) is 11.7. The van der Waals surface area contributed by atoms with Gasteiger partial charge in [0.1, 0.15) is 0 Å². The van der Waals surface area contributed by atoms with Gasteiger partial charge in [-0.1, -0.05) is 37.1 Å². The highest BCUT2D eigenvalue weighted by Crippen LogP contribution is 2.34. The maximum absolute atomic E-state index is 13.0. The summed E-state index contributed by atoms with van der Waals surface area (Å²) in [5.74, 6) is 1.83. The van der Waals surface area contributed by atoms with Gasteiger partial charge in [-0.15, -0.1) is 10.2 Å². The number of likely N-dealkylation sites (tertiary alicyclic amines) is 1. The van der Waals surface area contributed by atoms with Crippen LogP contribution in [0, 0.1) is 0 Å². The number of nitrogens with one attached hydrogen (secondary N) is 1. The molecular formula is C23H30F3N5OS. The van der Waals surface area contributed by atoms with E-state index in [1.807, 2.05) is 4.90 Å². The van der Waals surface area contributed by atoms with Gasteiger partial charge in [-0.25, -0.2) is 0 Å². The number of nitrogens with zero attached hydrogens (tertiary/aromatic N) is 4. The van der Waals surface area contributed by atoms with Crippen molar-refractivity contribution in [1.29, 1.82) is 0 Å². The molecular weight excluding hydrogens is 451 g/mol. The summed E-state index contributed by atoms with van der Waals surface area (Å²) >= 11 is 1.65. The van der Waals surface area contributed by atoms with Gasteiger partial charge in [0.25, 0.3) is 0 Å². The van der Waals surface area contributed by atoms with Crippen LogP contribution in [0.25, 0.3) is 0 Å². The summed E-state index contributed by atoms with van der Waals surface area (Å²) < 4.78 is 41.3. The van der Waals surface area contributed by atoms with Crippen molar-refractivity contribution in [3.05, 3.63) is 35.7 Å². The van der Waals surface area contributed by atoms with Crippen molar-refractivity contribution in [2.75, 3.05) is 24.2 Å². The van der Waals surface area contributed by atoms with Gasteiger partial charge >= 0.3 is 6.18 Å². The number of anilines is 1. The lowest BCUT2D eigenvalue weighted by Crippen LogP contribution is -2.26. The van der Waals surface area contributed by atoms with E-state index in [2.05, 4.69) is 20.1 Å². The van der Waals surface area contributed by atoms with E-state index in [9.17, 15) is 18.0 Å². The molecule has 0 unspecified atom stereocenters. The number of amides is 1. The van der Waals surface area contributed by atoms with Crippen LogP contribution >= 0.6 is 11.8 Å². The fourth-order valence-electron chi connectivity index (χ4n) is 4.58. The smallest absolute Gasteiger partial charge is 0.378 e. The van der Waals surface area contributed by atoms with Gasteiger partial charge in [0.15, 0.2) is 11.0 Å². The molecule has 0 bridgehead atoms. The van der Waals surface area contributed by atoms with Crippen LogP contribution in [0.2, 0.25) is 0 Å². The number of alkyl halides is 3. The number of rotatable bonds is 9. The summed E-state index contributed by atoms with van der Waals surface area (Å²) in [7, 11) is 0. The Labute approximate surface area is 196 Å². The third-order valence-electron chi connectivity index (χ3n) is 6.29. The van der Waals surface area contributed by atoms with Gasteiger partial charge in [0, 0.05) is 37.0 Å². The standard InChI is InChI=1S/C23H30F3N5OS/c24-23(25,26)17-7-4-8-18(15-17)27-16-20-28-29-22(31(20)19-9-2-1-3-10-19)33-14-6-13-30-12-5-11-21(30)32/h4,7-8,15,19,27H,1-3,5-6,9-14,16H2. The van der Waals surface area contributed by atoms with E-state index in [1.165, 1.54) is 12.5 Å². The Bertz CT molecular complexity index is 942. The molecule has 180 valence electrons. The molecule has 2 fully saturated rings. The monoisotopic (exact) mass is 481 g/mol. The van der Waals surface area contributed by atoms with Crippen LogP contribution in [-0.2, 0) is 17.5 Å². The Hall–Kier alpha value is -2.23. The van der Waals surface area contributed by atoms with Gasteiger partial charge < -0.3 is 14.8 Å². The lowest BCUT2D eigenvalue weighted by molar-refractivity contribution is -0.137. The fraction of sp³-hybridized carbons (Fsp3) is 0.609. The molecule has 33 heavy (non-hydrogen) atoms. The van der Waals surface area contributed by atoms with Gasteiger partial charge in [0.2, 0.25) is 5.91 Å². The minimum atomic E-state index is -4.37. The second-order valence-electron chi connectivity index (χ2n) is 8.68. The average molecular weight is 482 g/mol. The minimum absolute atomic E-state index is 0.244. The summed E-state index contributed by atoms with van der Waals surface area (Å²) in [5, 5.41) is 12.8. The number of benzene rings is 1. The van der Waals surface area contributed by atoms with E-state index < -0.39 is 11.7 Å². The number of thioether (sulfide) groups is 1. The van der Waals surface area contributed by atoms with E-state index in [4.69, 9.17) is 0 Å². The molecule has 0 spiro atoms. The van der Waals surface area contributed by atoms with E-state index in [0.717, 1.165) is 80.5 Å². The summed E-state index contributed by atoms with van der Waals surface area (Å²) in [6.07, 6.45) is 3.79. The van der Waals surface area contributed by atoms with Crippen LogP contribution in [0.4, 0.5) is 18.9 Å². The van der Waals surface area contributed by atoms with Crippen LogP contribution in [-0.4, -0.2) is 44.4 Å². The maximum atomic E-state index is 13.0. The van der Waals surface area contributed by atoms with Crippen molar-refractivity contribution >= 4 is 23.4 Å². The summed E-state index contributed by atoms with van der Waals surface area (Å²) in [4.78, 5) is 13.7. The number of aromatic nitrogens is 3. The Kier molecular flexibility index (Phi) is 7.82. The van der Waals surface area contributed by atoms with Crippen molar-refractivity contribution in [2.24, 2.45) is 0 Å². The second-order valence-corrected chi connectivity index (χ2v) is 9.74. The van der Waals surface area contributed by atoms with Crippen LogP contribution in [0.5, 0.6) is 0 Å². The highest BCUT2D eigenvalue weighted by Gasteiger charge is 2.30. The number of carbonyl (C=O) groups is 1. The zero-order valence-corrected chi connectivity index (χ0v) is 19.4. The van der Waals surface area contributed by atoms with E-state index in [0.29, 0.717) is 24.7 Å². The Morgan fingerprint density at radius 3 is 2.67 bits per heavy atom. The summed E-state index contributed by atoms with van der Waals surface area (Å²) in [6, 6.07) is 5.54. The predicted molar refractivity (Wildman–Crippen MR) is 122 cm³/mol. The van der Waals surface area contributed by atoms with Crippen molar-refractivity contribution in [3.8, 4) is 0 Å². The van der Waals surface area contributed by atoms with E-state index >= 15 is 0 Å². The maximum Gasteiger partial charge on any atom is 0.416 e.